The maximum atomic E-state index is 12.4. The Morgan fingerprint density at radius 1 is 0.894 bits per heavy atom. The topological polar surface area (TPSA) is 96.7 Å². The van der Waals surface area contributed by atoms with Crippen molar-refractivity contribution in [1.82, 2.24) is 14.3 Å². The summed E-state index contributed by atoms with van der Waals surface area (Å²) in [4.78, 5) is 4.98. The van der Waals surface area contributed by atoms with Crippen LogP contribution in [0.1, 0.15) is 37.1 Å². The number of ether oxygens (including phenoxy) is 1. The third-order valence-corrected chi connectivity index (χ3v) is 10.4. The van der Waals surface area contributed by atoms with Crippen molar-refractivity contribution < 1.29 is 18.3 Å². The highest BCUT2D eigenvalue weighted by Gasteiger charge is 2.28. The molecule has 1 saturated carbocycles. The van der Waals surface area contributed by atoms with E-state index in [-0.39, 0.29) is 0 Å². The minimum atomic E-state index is -3.90. The zero-order valence-electron chi connectivity index (χ0n) is 25.3. The van der Waals surface area contributed by atoms with Crippen LogP contribution in [0.2, 0.25) is 10.0 Å². The zero-order valence-corrected chi connectivity index (χ0v) is 27.6. The van der Waals surface area contributed by atoms with Crippen LogP contribution in [0.4, 0.5) is 5.69 Å². The van der Waals surface area contributed by atoms with Crippen LogP contribution in [0.5, 0.6) is 5.75 Å². The summed E-state index contributed by atoms with van der Waals surface area (Å²) in [7, 11) is -3.90. The molecule has 2 aliphatic rings. The van der Waals surface area contributed by atoms with E-state index in [1.807, 2.05) is 29.0 Å². The average molecular weight is 688 g/mol. The van der Waals surface area contributed by atoms with Crippen molar-refractivity contribution >= 4 is 39.1 Å². The van der Waals surface area contributed by atoms with Crippen LogP contribution in [-0.4, -0.2) is 29.7 Å². The van der Waals surface area contributed by atoms with Crippen LogP contribution in [0.3, 0.4) is 0 Å². The van der Waals surface area contributed by atoms with Crippen molar-refractivity contribution in [2.75, 3.05) is 10.9 Å². The molecule has 0 unspecified atom stereocenters. The van der Waals surface area contributed by atoms with E-state index in [4.69, 9.17) is 32.9 Å². The van der Waals surface area contributed by atoms with E-state index in [0.29, 0.717) is 33.8 Å². The Balaban J connectivity index is 1.16. The summed E-state index contributed by atoms with van der Waals surface area (Å²) in [6.07, 6.45) is 8.66. The van der Waals surface area contributed by atoms with Crippen molar-refractivity contribution in [2.45, 2.75) is 32.1 Å². The number of hydrogen-bond donors (Lipinski definition) is 2. The van der Waals surface area contributed by atoms with Crippen molar-refractivity contribution in [1.29, 1.82) is 0 Å². The summed E-state index contributed by atoms with van der Waals surface area (Å²) in [5.41, 5.74) is 5.82. The molecule has 1 aromatic heterocycles. The Bertz CT molecular complexity index is 2060. The zero-order chi connectivity index (χ0) is 32.5. The fourth-order valence-corrected chi connectivity index (χ4v) is 7.67. The molecule has 0 amide bonds. The van der Waals surface area contributed by atoms with Crippen molar-refractivity contribution in [2.24, 2.45) is 5.92 Å². The number of aliphatic hydroxyl groups is 1. The lowest BCUT2D eigenvalue weighted by Gasteiger charge is -2.15. The van der Waals surface area contributed by atoms with Crippen LogP contribution in [0.15, 0.2) is 109 Å². The minimum Gasteiger partial charge on any atom is -0.493 e. The molecule has 4 aromatic carbocycles. The number of hydrogen-bond acceptors (Lipinski definition) is 5. The van der Waals surface area contributed by atoms with Crippen LogP contribution < -0.4 is 13.8 Å². The first-order chi connectivity index (χ1) is 22.7. The Morgan fingerprint density at radius 2 is 1.64 bits per heavy atom. The van der Waals surface area contributed by atoms with E-state index in [0.717, 1.165) is 56.6 Å². The highest BCUT2D eigenvalue weighted by atomic mass is 35.5. The predicted octanol–water partition coefficient (Wildman–Crippen LogP) is 8.68. The van der Waals surface area contributed by atoms with Gasteiger partial charge in [-0.1, -0.05) is 72.4 Å². The van der Waals surface area contributed by atoms with Gasteiger partial charge in [0.05, 0.1) is 29.2 Å². The third-order valence-electron chi connectivity index (χ3n) is 8.54. The molecule has 47 heavy (non-hydrogen) atoms. The van der Waals surface area contributed by atoms with Gasteiger partial charge in [0.1, 0.15) is 11.6 Å². The van der Waals surface area contributed by atoms with Crippen LogP contribution >= 0.6 is 23.2 Å². The number of halogens is 2. The maximum Gasteiger partial charge on any atom is 0.330 e. The normalized spacial score (nSPS) is 15.9. The number of rotatable bonds is 9. The molecule has 8 nitrogen and oxygen atoms in total. The largest absolute Gasteiger partial charge is 0.493 e. The van der Waals surface area contributed by atoms with Gasteiger partial charge >= 0.3 is 10.2 Å². The highest BCUT2D eigenvalue weighted by molar-refractivity contribution is 7.91. The lowest BCUT2D eigenvalue weighted by atomic mass is 10.0. The number of aliphatic hydroxyl groups excluding tert-OH is 1. The molecular formula is C36H32Cl2N4O4S. The van der Waals surface area contributed by atoms with Crippen molar-refractivity contribution in [3.05, 3.63) is 131 Å². The van der Waals surface area contributed by atoms with Crippen LogP contribution in [0.25, 0.3) is 28.1 Å². The number of imidazole rings is 1. The van der Waals surface area contributed by atoms with Gasteiger partial charge in [0.2, 0.25) is 5.88 Å². The van der Waals surface area contributed by atoms with Gasteiger partial charge in [0, 0.05) is 28.9 Å². The van der Waals surface area contributed by atoms with Gasteiger partial charge in [-0.3, -0.25) is 0 Å². The summed E-state index contributed by atoms with van der Waals surface area (Å²) in [5, 5.41) is 10.7. The molecule has 1 fully saturated rings. The SMILES string of the molecule is O=S1(=O)NC(O)=CN1c1ccc(-n2cc(-c3ccc(Cl)cc3Cl)nc2Cc2ccc(-c3cccc(OCC4CCCC4)c3)cc2)cc1. The molecule has 0 spiro atoms. The van der Waals surface area contributed by atoms with E-state index in [2.05, 4.69) is 41.1 Å². The van der Waals surface area contributed by atoms with E-state index in [9.17, 15) is 13.5 Å². The monoisotopic (exact) mass is 686 g/mol. The number of benzene rings is 4. The van der Waals surface area contributed by atoms with E-state index in [1.54, 1.807) is 36.4 Å². The molecular weight excluding hydrogens is 655 g/mol. The number of nitrogens with one attached hydrogen (secondary N) is 1. The Labute approximate surface area is 284 Å². The average Bonchev–Trinajstić information content (AvgIpc) is 3.79. The van der Waals surface area contributed by atoms with E-state index >= 15 is 0 Å². The maximum absolute atomic E-state index is 12.4. The molecule has 2 heterocycles. The van der Waals surface area contributed by atoms with E-state index < -0.39 is 16.1 Å². The lowest BCUT2D eigenvalue weighted by Crippen LogP contribution is -2.29. The second-order valence-electron chi connectivity index (χ2n) is 11.8. The van der Waals surface area contributed by atoms with Gasteiger partial charge in [-0.05, 0) is 90.0 Å². The summed E-state index contributed by atoms with van der Waals surface area (Å²) in [6, 6.07) is 28.9. The molecule has 7 rings (SSSR count). The van der Waals surface area contributed by atoms with Gasteiger partial charge < -0.3 is 14.4 Å². The van der Waals surface area contributed by atoms with Gasteiger partial charge in [-0.15, -0.1) is 0 Å². The Morgan fingerprint density at radius 3 is 2.34 bits per heavy atom. The first-order valence-corrected chi connectivity index (χ1v) is 17.6. The first kappa shape index (κ1) is 31.2. The van der Waals surface area contributed by atoms with Crippen LogP contribution in [-0.2, 0) is 16.6 Å². The van der Waals surface area contributed by atoms with Gasteiger partial charge in [-0.2, -0.15) is 8.42 Å². The molecule has 240 valence electrons. The van der Waals surface area contributed by atoms with Crippen LogP contribution in [0, 0.1) is 5.92 Å². The summed E-state index contributed by atoms with van der Waals surface area (Å²) >= 11 is 12.7. The molecule has 11 heteroatoms. The third kappa shape index (κ3) is 6.83. The molecule has 1 aliphatic heterocycles. The lowest BCUT2D eigenvalue weighted by molar-refractivity contribution is 0.252. The summed E-state index contributed by atoms with van der Waals surface area (Å²) in [6.45, 7) is 0.774. The Kier molecular flexibility index (Phi) is 8.61. The molecule has 0 radical (unpaired) electrons. The number of anilines is 1. The minimum absolute atomic E-state index is 0.372. The second kappa shape index (κ2) is 13.0. The van der Waals surface area contributed by atoms with Gasteiger partial charge in [0.15, 0.2) is 0 Å². The van der Waals surface area contributed by atoms with Crippen molar-refractivity contribution in [3.63, 3.8) is 0 Å². The fourth-order valence-electron chi connectivity index (χ4n) is 6.11. The highest BCUT2D eigenvalue weighted by Crippen LogP contribution is 2.33. The number of aromatic nitrogens is 2. The van der Waals surface area contributed by atoms with E-state index in [1.165, 1.54) is 25.7 Å². The standard InChI is InChI=1S/C36H32Cl2N4O4S/c37-28-12-17-32(33(38)20-28)34-21-41(29-13-15-30(16-14-29)42-22-36(43)40-47(42,44)45)35(39-34)18-24-8-10-26(11-9-24)27-6-3-7-31(19-27)46-23-25-4-1-2-5-25/h3,6-17,19-22,25,40,43H,1-2,4-5,18,23H2. The summed E-state index contributed by atoms with van der Waals surface area (Å²) in [5.74, 6) is 1.87. The molecule has 0 bridgehead atoms. The molecule has 0 atom stereocenters. The molecule has 0 saturated heterocycles. The molecule has 5 aromatic rings. The Hall–Kier alpha value is -4.44. The number of nitrogens with zero attached hydrogens (tertiary/aromatic N) is 3. The predicted molar refractivity (Wildman–Crippen MR) is 186 cm³/mol. The fraction of sp³-hybridized carbons (Fsp3) is 0.194. The van der Waals surface area contributed by atoms with Crippen molar-refractivity contribution in [3.8, 4) is 33.8 Å². The molecule has 1 aliphatic carbocycles. The summed E-state index contributed by atoms with van der Waals surface area (Å²) < 4.78 is 35.9. The first-order valence-electron chi connectivity index (χ1n) is 15.4. The smallest absolute Gasteiger partial charge is 0.330 e. The van der Waals surface area contributed by atoms with Gasteiger partial charge in [0.25, 0.3) is 0 Å². The molecule has 2 N–H and O–H groups in total. The second-order valence-corrected chi connectivity index (χ2v) is 14.2. The quantitative estimate of drug-likeness (QED) is 0.162. The van der Waals surface area contributed by atoms with Gasteiger partial charge in [-0.25, -0.2) is 14.0 Å².